The van der Waals surface area contributed by atoms with Crippen molar-refractivity contribution in [3.05, 3.63) is 70.4 Å². The Hall–Kier alpha value is -3.06. The number of rotatable bonds is 3. The molecule has 0 radical (unpaired) electrons. The zero-order valence-corrected chi connectivity index (χ0v) is 14.2. The Bertz CT molecular complexity index is 982. The van der Waals surface area contributed by atoms with Crippen LogP contribution in [0.3, 0.4) is 0 Å². The molecule has 0 spiro atoms. The second-order valence-electron chi connectivity index (χ2n) is 5.76. The summed E-state index contributed by atoms with van der Waals surface area (Å²) in [5.41, 5.74) is 8.07. The fourth-order valence-corrected chi connectivity index (χ4v) is 3.88. The Balaban J connectivity index is 1.94. The first kappa shape index (κ1) is 15.5. The molecule has 0 aliphatic carbocycles. The summed E-state index contributed by atoms with van der Waals surface area (Å²) in [5.74, 6) is -0.114. The molecule has 7 heteroatoms. The molecule has 25 heavy (non-hydrogen) atoms. The molecule has 1 unspecified atom stereocenters. The third-order valence-electron chi connectivity index (χ3n) is 4.28. The van der Waals surface area contributed by atoms with Crippen LogP contribution in [0.2, 0.25) is 0 Å². The number of nitrogens with zero attached hydrogens (tertiary/aromatic N) is 3. The summed E-state index contributed by atoms with van der Waals surface area (Å²) in [4.78, 5) is 26.5. The second-order valence-corrected chi connectivity index (χ2v) is 6.88. The van der Waals surface area contributed by atoms with Gasteiger partial charge >= 0.3 is 0 Å². The van der Waals surface area contributed by atoms with E-state index in [1.807, 2.05) is 42.6 Å². The first-order chi connectivity index (χ1) is 12.1. The number of nitrogens with two attached hydrogens (primary N) is 1. The van der Waals surface area contributed by atoms with Gasteiger partial charge in [-0.25, -0.2) is 15.0 Å². The lowest BCUT2D eigenvalue weighted by molar-refractivity contribution is -0.122. The van der Waals surface area contributed by atoms with Crippen LogP contribution in [0.15, 0.2) is 59.4 Å². The van der Waals surface area contributed by atoms with Crippen LogP contribution < -0.4 is 11.1 Å². The number of benzene rings is 1. The van der Waals surface area contributed by atoms with Crippen molar-refractivity contribution in [2.24, 2.45) is 10.7 Å². The van der Waals surface area contributed by atoms with E-state index >= 15 is 0 Å². The molecule has 1 atom stereocenters. The summed E-state index contributed by atoms with van der Waals surface area (Å²) < 4.78 is 0. The fraction of sp³-hybridized carbons (Fsp3) is 0.111. The zero-order valence-electron chi connectivity index (χ0n) is 13.4. The van der Waals surface area contributed by atoms with Crippen molar-refractivity contribution >= 4 is 23.2 Å². The molecule has 6 nitrogen and oxygen atoms in total. The van der Waals surface area contributed by atoms with Gasteiger partial charge in [0.25, 0.3) is 5.91 Å². The van der Waals surface area contributed by atoms with Crippen LogP contribution in [0, 0.1) is 6.92 Å². The van der Waals surface area contributed by atoms with Gasteiger partial charge in [0.15, 0.2) is 11.5 Å². The number of hydrogen-bond donors (Lipinski definition) is 2. The van der Waals surface area contributed by atoms with Gasteiger partial charge in [0, 0.05) is 28.4 Å². The summed E-state index contributed by atoms with van der Waals surface area (Å²) in [6, 6.07) is 9.62. The highest BCUT2D eigenvalue weighted by Gasteiger charge is 2.47. The quantitative estimate of drug-likeness (QED) is 0.758. The first-order valence-electron chi connectivity index (χ1n) is 7.68. The van der Waals surface area contributed by atoms with E-state index in [1.54, 1.807) is 23.7 Å². The number of guanidine groups is 1. The number of thiophene rings is 1. The smallest absolute Gasteiger partial charge is 0.264 e. The Kier molecular flexibility index (Phi) is 3.58. The Labute approximate surface area is 148 Å². The van der Waals surface area contributed by atoms with Crippen molar-refractivity contribution in [2.45, 2.75) is 12.5 Å². The monoisotopic (exact) mass is 349 g/mol. The van der Waals surface area contributed by atoms with Crippen molar-refractivity contribution in [3.63, 3.8) is 0 Å². The van der Waals surface area contributed by atoms with Gasteiger partial charge in [-0.1, -0.05) is 18.2 Å². The van der Waals surface area contributed by atoms with Gasteiger partial charge in [0.2, 0.25) is 0 Å². The van der Waals surface area contributed by atoms with E-state index in [0.29, 0.717) is 0 Å². The van der Waals surface area contributed by atoms with Gasteiger partial charge in [-0.15, -0.1) is 11.3 Å². The van der Waals surface area contributed by atoms with Crippen molar-refractivity contribution in [3.8, 4) is 11.1 Å². The van der Waals surface area contributed by atoms with Crippen LogP contribution in [-0.2, 0) is 10.3 Å². The van der Waals surface area contributed by atoms with Crippen molar-refractivity contribution < 1.29 is 4.79 Å². The summed E-state index contributed by atoms with van der Waals surface area (Å²) in [6.45, 7) is 1.98. The zero-order chi connectivity index (χ0) is 17.4. The van der Waals surface area contributed by atoms with Gasteiger partial charge in [-0.2, -0.15) is 0 Å². The maximum absolute atomic E-state index is 12.9. The SMILES string of the molecule is Cc1sccc1C1(c2cccc(-c3cncnc3)c2)N=C(N)NC1=O. The standard InChI is InChI=1S/C18H15N5OS/c1-11-15(5-6-25-11)18(16(24)22-17(19)23-18)14-4-2-3-12(7-14)13-8-20-10-21-9-13/h2-10H,1H3,(H3,19,22,23,24). The predicted molar refractivity (Wildman–Crippen MR) is 97.1 cm³/mol. The summed E-state index contributed by atoms with van der Waals surface area (Å²) >= 11 is 1.58. The van der Waals surface area contributed by atoms with Gasteiger partial charge in [0.05, 0.1) is 0 Å². The van der Waals surface area contributed by atoms with Gasteiger partial charge < -0.3 is 5.73 Å². The summed E-state index contributed by atoms with van der Waals surface area (Å²) in [7, 11) is 0. The average molecular weight is 349 g/mol. The number of carbonyl (C=O) groups is 1. The minimum absolute atomic E-state index is 0.129. The lowest BCUT2D eigenvalue weighted by Gasteiger charge is -2.25. The second kappa shape index (κ2) is 5.78. The van der Waals surface area contributed by atoms with E-state index in [-0.39, 0.29) is 11.9 Å². The summed E-state index contributed by atoms with van der Waals surface area (Å²) in [6.07, 6.45) is 4.96. The van der Waals surface area contributed by atoms with Crippen LogP contribution in [0.25, 0.3) is 11.1 Å². The highest BCUT2D eigenvalue weighted by atomic mass is 32.1. The van der Waals surface area contributed by atoms with Gasteiger partial charge in [-0.05, 0) is 35.6 Å². The number of carbonyl (C=O) groups excluding carboxylic acids is 1. The molecule has 3 aromatic rings. The molecule has 3 heterocycles. The van der Waals surface area contributed by atoms with Crippen molar-refractivity contribution in [1.29, 1.82) is 0 Å². The normalized spacial score (nSPS) is 19.6. The maximum atomic E-state index is 12.9. The van der Waals surface area contributed by atoms with E-state index in [0.717, 1.165) is 27.1 Å². The lowest BCUT2D eigenvalue weighted by Crippen LogP contribution is -2.39. The van der Waals surface area contributed by atoms with E-state index in [9.17, 15) is 4.79 Å². The summed E-state index contributed by atoms with van der Waals surface area (Å²) in [5, 5.41) is 4.61. The van der Waals surface area contributed by atoms with Gasteiger partial charge in [0.1, 0.15) is 6.33 Å². The van der Waals surface area contributed by atoms with Crippen LogP contribution in [0.5, 0.6) is 0 Å². The molecule has 1 aliphatic heterocycles. The molecule has 0 saturated heterocycles. The van der Waals surface area contributed by atoms with E-state index in [1.165, 1.54) is 6.33 Å². The molecule has 2 aromatic heterocycles. The number of aromatic nitrogens is 2. The molecule has 124 valence electrons. The average Bonchev–Trinajstić information content (AvgIpc) is 3.19. The van der Waals surface area contributed by atoms with E-state index < -0.39 is 5.54 Å². The molecular formula is C18H15N5OS. The maximum Gasteiger partial charge on any atom is 0.264 e. The number of aliphatic imine (C=N–C) groups is 1. The fourth-order valence-electron chi connectivity index (χ4n) is 3.13. The number of nitrogens with one attached hydrogen (secondary N) is 1. The highest BCUT2D eigenvalue weighted by Crippen LogP contribution is 2.41. The largest absolute Gasteiger partial charge is 0.370 e. The molecule has 1 aliphatic rings. The van der Waals surface area contributed by atoms with Crippen molar-refractivity contribution in [1.82, 2.24) is 15.3 Å². The van der Waals surface area contributed by atoms with E-state index in [4.69, 9.17) is 5.73 Å². The first-order valence-corrected chi connectivity index (χ1v) is 8.56. The Morgan fingerprint density at radius 2 is 1.96 bits per heavy atom. The Morgan fingerprint density at radius 1 is 1.16 bits per heavy atom. The minimum Gasteiger partial charge on any atom is -0.370 e. The molecule has 1 aromatic carbocycles. The Morgan fingerprint density at radius 3 is 2.60 bits per heavy atom. The minimum atomic E-state index is -1.17. The molecule has 4 rings (SSSR count). The lowest BCUT2D eigenvalue weighted by atomic mass is 9.82. The number of aryl methyl sites for hydroxylation is 1. The van der Waals surface area contributed by atoms with Crippen LogP contribution in [-0.4, -0.2) is 21.8 Å². The molecule has 0 saturated carbocycles. The van der Waals surface area contributed by atoms with E-state index in [2.05, 4.69) is 20.3 Å². The molecular weight excluding hydrogens is 334 g/mol. The van der Waals surface area contributed by atoms with Crippen LogP contribution in [0.4, 0.5) is 0 Å². The highest BCUT2D eigenvalue weighted by molar-refractivity contribution is 7.10. The molecule has 1 amide bonds. The molecule has 3 N–H and O–H groups in total. The number of amides is 1. The third kappa shape index (κ3) is 2.40. The number of hydrogen-bond acceptors (Lipinski definition) is 6. The third-order valence-corrected chi connectivity index (χ3v) is 5.13. The topological polar surface area (TPSA) is 93.3 Å². The predicted octanol–water partition coefficient (Wildman–Crippen LogP) is 2.20. The van der Waals surface area contributed by atoms with Gasteiger partial charge in [-0.3, -0.25) is 10.1 Å². The molecule has 0 bridgehead atoms. The molecule has 0 fully saturated rings. The van der Waals surface area contributed by atoms with Crippen LogP contribution in [0.1, 0.15) is 16.0 Å². The van der Waals surface area contributed by atoms with Crippen LogP contribution >= 0.6 is 11.3 Å². The van der Waals surface area contributed by atoms with Crippen molar-refractivity contribution in [2.75, 3.05) is 0 Å².